The van der Waals surface area contributed by atoms with Crippen molar-refractivity contribution in [2.75, 3.05) is 5.43 Å². The van der Waals surface area contributed by atoms with Crippen molar-refractivity contribution in [1.29, 1.82) is 0 Å². The molecule has 2 aromatic heterocycles. The molecule has 6 heteroatoms. The van der Waals surface area contributed by atoms with Crippen molar-refractivity contribution in [2.24, 2.45) is 5.29 Å². The van der Waals surface area contributed by atoms with E-state index >= 15 is 0 Å². The van der Waals surface area contributed by atoms with Gasteiger partial charge in [0.15, 0.2) is 11.6 Å². The number of benzene rings is 1. The van der Waals surface area contributed by atoms with Crippen molar-refractivity contribution in [3.8, 4) is 11.5 Å². The second-order valence-corrected chi connectivity index (χ2v) is 3.83. The van der Waals surface area contributed by atoms with Gasteiger partial charge in [0, 0.05) is 11.6 Å². The molecule has 3 rings (SSSR count). The first-order valence-corrected chi connectivity index (χ1v) is 5.65. The van der Waals surface area contributed by atoms with E-state index in [0.717, 1.165) is 10.9 Å². The summed E-state index contributed by atoms with van der Waals surface area (Å²) in [4.78, 5) is 23.3. The maximum Gasteiger partial charge on any atom is 0.180 e. The van der Waals surface area contributed by atoms with E-state index in [1.54, 1.807) is 6.20 Å². The van der Waals surface area contributed by atoms with Crippen LogP contribution in [-0.4, -0.2) is 15.0 Å². The molecule has 0 radical (unpaired) electrons. The first kappa shape index (κ1) is 11.2. The van der Waals surface area contributed by atoms with Crippen LogP contribution >= 0.6 is 0 Å². The highest BCUT2D eigenvalue weighted by molar-refractivity contribution is 5.90. The van der Waals surface area contributed by atoms with Gasteiger partial charge in [0.25, 0.3) is 0 Å². The predicted octanol–water partition coefficient (Wildman–Crippen LogP) is 2.79. The quantitative estimate of drug-likeness (QED) is 0.571. The first-order valence-electron chi connectivity index (χ1n) is 5.65. The Hall–Kier alpha value is -2.89. The van der Waals surface area contributed by atoms with Crippen LogP contribution < -0.4 is 5.43 Å². The number of nitroso groups, excluding NO2 is 1. The summed E-state index contributed by atoms with van der Waals surface area (Å²) in [5, 5.41) is 3.42. The molecule has 2 heterocycles. The van der Waals surface area contributed by atoms with Crippen molar-refractivity contribution in [1.82, 2.24) is 15.0 Å². The molecule has 0 bridgehead atoms. The van der Waals surface area contributed by atoms with E-state index in [4.69, 9.17) is 0 Å². The van der Waals surface area contributed by atoms with E-state index in [9.17, 15) is 4.91 Å². The Morgan fingerprint density at radius 1 is 1.00 bits per heavy atom. The SMILES string of the molecule is O=NNc1nc(-c2ccccn2)nc2ccccc12. The van der Waals surface area contributed by atoms with Crippen molar-refractivity contribution < 1.29 is 0 Å². The summed E-state index contributed by atoms with van der Waals surface area (Å²) in [6.07, 6.45) is 1.67. The number of anilines is 1. The van der Waals surface area contributed by atoms with E-state index in [-0.39, 0.29) is 0 Å². The van der Waals surface area contributed by atoms with Gasteiger partial charge in [-0.15, -0.1) is 4.91 Å². The minimum atomic E-state index is 0.376. The summed E-state index contributed by atoms with van der Waals surface area (Å²) in [7, 11) is 0. The van der Waals surface area contributed by atoms with Crippen LogP contribution in [-0.2, 0) is 0 Å². The maximum atomic E-state index is 10.4. The molecule has 0 aliphatic carbocycles. The van der Waals surface area contributed by atoms with Crippen molar-refractivity contribution in [2.45, 2.75) is 0 Å². The first-order chi connectivity index (χ1) is 9.38. The topological polar surface area (TPSA) is 80.1 Å². The number of para-hydroxylation sites is 1. The number of hydrogen-bond acceptors (Lipinski definition) is 5. The number of fused-ring (bicyclic) bond motifs is 1. The lowest BCUT2D eigenvalue weighted by Gasteiger charge is -2.06. The fourth-order valence-electron chi connectivity index (χ4n) is 1.81. The molecule has 0 aliphatic rings. The van der Waals surface area contributed by atoms with Crippen LogP contribution in [0.15, 0.2) is 53.9 Å². The van der Waals surface area contributed by atoms with E-state index in [0.29, 0.717) is 17.3 Å². The minimum absolute atomic E-state index is 0.376. The Morgan fingerprint density at radius 2 is 1.84 bits per heavy atom. The van der Waals surface area contributed by atoms with E-state index in [1.807, 2.05) is 42.5 Å². The molecule has 6 nitrogen and oxygen atoms in total. The molecule has 0 saturated heterocycles. The molecule has 0 spiro atoms. The number of pyridine rings is 1. The average molecular weight is 251 g/mol. The molecule has 0 unspecified atom stereocenters. The summed E-state index contributed by atoms with van der Waals surface area (Å²) in [6, 6.07) is 12.9. The number of nitrogens with zero attached hydrogens (tertiary/aromatic N) is 4. The number of nitrogens with one attached hydrogen (secondary N) is 1. The van der Waals surface area contributed by atoms with Crippen LogP contribution in [0.3, 0.4) is 0 Å². The highest BCUT2D eigenvalue weighted by Crippen LogP contribution is 2.23. The van der Waals surface area contributed by atoms with Gasteiger partial charge < -0.3 is 0 Å². The summed E-state index contributed by atoms with van der Waals surface area (Å²) in [5.74, 6) is 0.826. The molecule has 92 valence electrons. The van der Waals surface area contributed by atoms with Crippen LogP contribution in [0.25, 0.3) is 22.4 Å². The molecule has 0 amide bonds. The third kappa shape index (κ3) is 2.11. The van der Waals surface area contributed by atoms with Crippen LogP contribution in [0.5, 0.6) is 0 Å². The number of rotatable bonds is 3. The van der Waals surface area contributed by atoms with Gasteiger partial charge in [-0.1, -0.05) is 18.2 Å². The minimum Gasteiger partial charge on any atom is -0.253 e. The predicted molar refractivity (Wildman–Crippen MR) is 72.2 cm³/mol. The van der Waals surface area contributed by atoms with Gasteiger partial charge in [-0.2, -0.15) is 0 Å². The number of aromatic nitrogens is 3. The van der Waals surface area contributed by atoms with E-state index < -0.39 is 0 Å². The zero-order valence-corrected chi connectivity index (χ0v) is 9.82. The average Bonchev–Trinajstić information content (AvgIpc) is 2.48. The lowest BCUT2D eigenvalue weighted by atomic mass is 10.2. The molecular formula is C13H9N5O. The lowest BCUT2D eigenvalue weighted by Crippen LogP contribution is -1.98. The summed E-state index contributed by atoms with van der Waals surface area (Å²) >= 11 is 0. The van der Waals surface area contributed by atoms with Gasteiger partial charge in [0.1, 0.15) is 5.69 Å². The standard InChI is InChI=1S/C13H9N5O/c19-18-17-12-9-5-1-2-6-10(9)15-13(16-12)11-7-3-4-8-14-11/h1-8H,(H,15,16,17,19). The second kappa shape index (κ2) is 4.77. The molecule has 19 heavy (non-hydrogen) atoms. The Morgan fingerprint density at radius 3 is 2.63 bits per heavy atom. The zero-order valence-electron chi connectivity index (χ0n) is 9.82. The van der Waals surface area contributed by atoms with Gasteiger partial charge >= 0.3 is 0 Å². The smallest absolute Gasteiger partial charge is 0.180 e. The molecule has 0 atom stereocenters. The Labute approximate surface area is 108 Å². The van der Waals surface area contributed by atoms with Gasteiger partial charge in [0.2, 0.25) is 0 Å². The normalized spacial score (nSPS) is 10.3. The lowest BCUT2D eigenvalue weighted by molar-refractivity contribution is 1.15. The molecule has 0 saturated carbocycles. The zero-order chi connectivity index (χ0) is 13.1. The third-order valence-electron chi connectivity index (χ3n) is 2.65. The molecular weight excluding hydrogens is 242 g/mol. The summed E-state index contributed by atoms with van der Waals surface area (Å²) < 4.78 is 0. The van der Waals surface area contributed by atoms with Crippen LogP contribution in [0, 0.1) is 4.91 Å². The summed E-state index contributed by atoms with van der Waals surface area (Å²) in [6.45, 7) is 0. The van der Waals surface area contributed by atoms with E-state index in [2.05, 4.69) is 25.7 Å². The Kier molecular flexibility index (Phi) is 2.82. The summed E-state index contributed by atoms with van der Waals surface area (Å²) in [5.41, 5.74) is 3.72. The highest BCUT2D eigenvalue weighted by atomic mass is 16.3. The molecule has 3 aromatic rings. The molecule has 0 aliphatic heterocycles. The van der Waals surface area contributed by atoms with Crippen LogP contribution in [0.2, 0.25) is 0 Å². The Bertz CT molecular complexity index is 729. The monoisotopic (exact) mass is 251 g/mol. The third-order valence-corrected chi connectivity index (χ3v) is 2.65. The van der Waals surface area contributed by atoms with Gasteiger partial charge in [-0.25, -0.2) is 15.4 Å². The Balaban J connectivity index is 2.24. The largest absolute Gasteiger partial charge is 0.253 e. The number of hydrogen-bond donors (Lipinski definition) is 1. The molecule has 1 aromatic carbocycles. The van der Waals surface area contributed by atoms with Crippen molar-refractivity contribution in [3.63, 3.8) is 0 Å². The van der Waals surface area contributed by atoms with Crippen LogP contribution in [0.1, 0.15) is 0 Å². The maximum absolute atomic E-state index is 10.4. The highest BCUT2D eigenvalue weighted by Gasteiger charge is 2.09. The van der Waals surface area contributed by atoms with Crippen molar-refractivity contribution >= 4 is 16.7 Å². The fourth-order valence-corrected chi connectivity index (χ4v) is 1.81. The van der Waals surface area contributed by atoms with Crippen molar-refractivity contribution in [3.05, 3.63) is 53.6 Å². The van der Waals surface area contributed by atoms with Gasteiger partial charge in [-0.3, -0.25) is 4.98 Å². The van der Waals surface area contributed by atoms with Gasteiger partial charge in [0.05, 0.1) is 10.8 Å². The van der Waals surface area contributed by atoms with Gasteiger partial charge in [-0.05, 0) is 24.3 Å². The second-order valence-electron chi connectivity index (χ2n) is 3.83. The molecule has 0 fully saturated rings. The fraction of sp³-hybridized carbons (Fsp3) is 0. The molecule has 1 N–H and O–H groups in total. The van der Waals surface area contributed by atoms with E-state index in [1.165, 1.54) is 0 Å². The van der Waals surface area contributed by atoms with Crippen LogP contribution in [0.4, 0.5) is 5.82 Å².